The van der Waals surface area contributed by atoms with Gasteiger partial charge in [0, 0.05) is 6.42 Å². The Balaban J connectivity index is 2.25. The molecular formula is C18H21Cl2N5. The molecule has 0 radical (unpaired) electrons. The van der Waals surface area contributed by atoms with Crippen LogP contribution in [-0.4, -0.2) is 19.7 Å². The van der Waals surface area contributed by atoms with Crippen molar-refractivity contribution in [3.05, 3.63) is 44.8 Å². The van der Waals surface area contributed by atoms with E-state index in [2.05, 4.69) is 30.7 Å². The van der Waals surface area contributed by atoms with Crippen molar-refractivity contribution in [3.63, 3.8) is 0 Å². The topological polar surface area (TPSA) is 69.6 Å². The summed E-state index contributed by atoms with van der Waals surface area (Å²) < 4.78 is 1.89. The van der Waals surface area contributed by atoms with Crippen molar-refractivity contribution in [1.82, 2.24) is 19.7 Å². The maximum atomic E-state index is 6.48. The second-order valence-electron chi connectivity index (χ2n) is 7.26. The monoisotopic (exact) mass is 377 g/mol. The fourth-order valence-corrected chi connectivity index (χ4v) is 3.46. The van der Waals surface area contributed by atoms with E-state index < -0.39 is 0 Å². The molecule has 0 saturated heterocycles. The molecular weight excluding hydrogens is 357 g/mol. The van der Waals surface area contributed by atoms with Gasteiger partial charge in [-0.1, -0.05) is 23.2 Å². The second-order valence-corrected chi connectivity index (χ2v) is 8.04. The standard InChI is InChI=1S/C18H21Cl2N5/c1-9-6-12(19)15(20)11(10(9)2)7-13-14-16(21)22-8-23-17(14)25(24-13)18(3,4)5/h6,8H,7H2,1-5H3,(H2,21,22,23). The first-order chi connectivity index (χ1) is 11.6. The number of nitrogen functional groups attached to an aromatic ring is 1. The van der Waals surface area contributed by atoms with Gasteiger partial charge in [0.2, 0.25) is 0 Å². The van der Waals surface area contributed by atoms with E-state index in [0.717, 1.165) is 33.4 Å². The van der Waals surface area contributed by atoms with Gasteiger partial charge in [-0.3, -0.25) is 0 Å². The molecule has 25 heavy (non-hydrogen) atoms. The lowest BCUT2D eigenvalue weighted by Crippen LogP contribution is -2.23. The van der Waals surface area contributed by atoms with Gasteiger partial charge in [-0.05, 0) is 57.4 Å². The van der Waals surface area contributed by atoms with Crippen LogP contribution in [-0.2, 0) is 12.0 Å². The molecule has 0 saturated carbocycles. The molecule has 0 fully saturated rings. The van der Waals surface area contributed by atoms with Crippen molar-refractivity contribution in [3.8, 4) is 0 Å². The average Bonchev–Trinajstić information content (AvgIpc) is 2.90. The predicted octanol–water partition coefficient (Wildman–Crippen LogP) is 4.68. The van der Waals surface area contributed by atoms with Gasteiger partial charge in [0.15, 0.2) is 5.65 Å². The number of aryl methyl sites for hydroxylation is 1. The number of halogens is 2. The summed E-state index contributed by atoms with van der Waals surface area (Å²) >= 11 is 12.8. The van der Waals surface area contributed by atoms with Gasteiger partial charge >= 0.3 is 0 Å². The number of fused-ring (bicyclic) bond motifs is 1. The van der Waals surface area contributed by atoms with Crippen LogP contribution in [0.4, 0.5) is 5.82 Å². The van der Waals surface area contributed by atoms with Crippen molar-refractivity contribution in [1.29, 1.82) is 0 Å². The van der Waals surface area contributed by atoms with Crippen molar-refractivity contribution in [2.45, 2.75) is 46.6 Å². The molecule has 2 heterocycles. The highest BCUT2D eigenvalue weighted by atomic mass is 35.5. The van der Waals surface area contributed by atoms with Crippen molar-refractivity contribution in [2.24, 2.45) is 0 Å². The number of rotatable bonds is 2. The molecule has 7 heteroatoms. The molecule has 0 aliphatic heterocycles. The number of anilines is 1. The lowest BCUT2D eigenvalue weighted by molar-refractivity contribution is 0.363. The van der Waals surface area contributed by atoms with E-state index in [0.29, 0.717) is 22.3 Å². The predicted molar refractivity (Wildman–Crippen MR) is 103 cm³/mol. The van der Waals surface area contributed by atoms with Gasteiger partial charge in [0.1, 0.15) is 12.1 Å². The van der Waals surface area contributed by atoms with E-state index in [1.165, 1.54) is 6.33 Å². The van der Waals surface area contributed by atoms with Crippen molar-refractivity contribution in [2.75, 3.05) is 5.73 Å². The Morgan fingerprint density at radius 3 is 2.48 bits per heavy atom. The van der Waals surface area contributed by atoms with E-state index in [1.54, 1.807) is 0 Å². The van der Waals surface area contributed by atoms with Gasteiger partial charge in [-0.2, -0.15) is 5.10 Å². The number of nitrogens with zero attached hydrogens (tertiary/aromatic N) is 4. The first kappa shape index (κ1) is 18.0. The highest BCUT2D eigenvalue weighted by Gasteiger charge is 2.24. The summed E-state index contributed by atoms with van der Waals surface area (Å²) in [5.41, 5.74) is 10.6. The molecule has 0 atom stereocenters. The van der Waals surface area contributed by atoms with Gasteiger partial charge in [0.25, 0.3) is 0 Å². The highest BCUT2D eigenvalue weighted by molar-refractivity contribution is 6.42. The van der Waals surface area contributed by atoms with Crippen LogP contribution < -0.4 is 5.73 Å². The zero-order chi connectivity index (χ0) is 18.5. The smallest absolute Gasteiger partial charge is 0.164 e. The molecule has 0 spiro atoms. The number of hydrogen-bond acceptors (Lipinski definition) is 4. The van der Waals surface area contributed by atoms with E-state index in [4.69, 9.17) is 34.0 Å². The van der Waals surface area contributed by atoms with Gasteiger partial charge in [0.05, 0.1) is 26.7 Å². The summed E-state index contributed by atoms with van der Waals surface area (Å²) in [5, 5.41) is 6.66. The van der Waals surface area contributed by atoms with Crippen LogP contribution in [0.3, 0.4) is 0 Å². The Hall–Kier alpha value is -1.85. The molecule has 0 aliphatic rings. The third-order valence-corrected chi connectivity index (χ3v) is 5.23. The van der Waals surface area contributed by atoms with Crippen molar-refractivity contribution < 1.29 is 0 Å². The molecule has 132 valence electrons. The van der Waals surface area contributed by atoms with E-state index >= 15 is 0 Å². The minimum atomic E-state index is -0.236. The average molecular weight is 378 g/mol. The molecule has 2 aromatic heterocycles. The Labute approximate surface area is 157 Å². The lowest BCUT2D eigenvalue weighted by atomic mass is 9.98. The fraction of sp³-hybridized carbons (Fsp3) is 0.389. The quantitative estimate of drug-likeness (QED) is 0.703. The molecule has 0 aliphatic carbocycles. The molecule has 5 nitrogen and oxygen atoms in total. The molecule has 0 amide bonds. The van der Waals surface area contributed by atoms with E-state index in [-0.39, 0.29) is 5.54 Å². The van der Waals surface area contributed by atoms with Gasteiger partial charge in [-0.25, -0.2) is 14.6 Å². The fourth-order valence-electron chi connectivity index (χ4n) is 2.92. The Bertz CT molecular complexity index is 944. The SMILES string of the molecule is Cc1cc(Cl)c(Cl)c(Cc2nn(C(C)(C)C)c3ncnc(N)c23)c1C. The maximum Gasteiger partial charge on any atom is 0.164 e. The first-order valence-electron chi connectivity index (χ1n) is 8.04. The summed E-state index contributed by atoms with van der Waals surface area (Å²) in [6.45, 7) is 10.3. The van der Waals surface area contributed by atoms with E-state index in [9.17, 15) is 0 Å². The summed E-state index contributed by atoms with van der Waals surface area (Å²) in [5.74, 6) is 0.419. The first-order valence-corrected chi connectivity index (χ1v) is 8.79. The van der Waals surface area contributed by atoms with Crippen LogP contribution in [0, 0.1) is 13.8 Å². The summed E-state index contributed by atoms with van der Waals surface area (Å²) in [6, 6.07) is 1.88. The lowest BCUT2D eigenvalue weighted by Gasteiger charge is -2.19. The van der Waals surface area contributed by atoms with Crippen LogP contribution in [0.1, 0.15) is 43.2 Å². The van der Waals surface area contributed by atoms with Crippen LogP contribution in [0.15, 0.2) is 12.4 Å². The van der Waals surface area contributed by atoms with Crippen molar-refractivity contribution >= 4 is 40.1 Å². The Kier molecular flexibility index (Phi) is 4.41. The summed E-state index contributed by atoms with van der Waals surface area (Å²) in [6.07, 6.45) is 1.98. The summed E-state index contributed by atoms with van der Waals surface area (Å²) in [7, 11) is 0. The zero-order valence-electron chi connectivity index (χ0n) is 15.0. The molecule has 2 N–H and O–H groups in total. The largest absolute Gasteiger partial charge is 0.383 e. The maximum absolute atomic E-state index is 6.48. The minimum Gasteiger partial charge on any atom is -0.383 e. The molecule has 3 aromatic rings. The van der Waals surface area contributed by atoms with Gasteiger partial charge < -0.3 is 5.73 Å². The highest BCUT2D eigenvalue weighted by Crippen LogP contribution is 2.34. The molecule has 0 bridgehead atoms. The normalized spacial score (nSPS) is 12.1. The minimum absolute atomic E-state index is 0.236. The number of hydrogen-bond donors (Lipinski definition) is 1. The van der Waals surface area contributed by atoms with Crippen LogP contribution >= 0.6 is 23.2 Å². The van der Waals surface area contributed by atoms with E-state index in [1.807, 2.05) is 24.6 Å². The Morgan fingerprint density at radius 1 is 1.16 bits per heavy atom. The van der Waals surface area contributed by atoms with Crippen LogP contribution in [0.5, 0.6) is 0 Å². The third kappa shape index (κ3) is 3.07. The number of benzene rings is 1. The number of aromatic nitrogens is 4. The second kappa shape index (κ2) is 6.15. The van der Waals surface area contributed by atoms with Crippen LogP contribution in [0.2, 0.25) is 10.0 Å². The third-order valence-electron chi connectivity index (χ3n) is 4.41. The number of nitrogens with two attached hydrogens (primary N) is 1. The molecule has 0 unspecified atom stereocenters. The Morgan fingerprint density at radius 2 is 1.84 bits per heavy atom. The molecule has 3 rings (SSSR count). The molecule has 1 aromatic carbocycles. The van der Waals surface area contributed by atoms with Crippen LogP contribution in [0.25, 0.3) is 11.0 Å². The summed E-state index contributed by atoms with van der Waals surface area (Å²) in [4.78, 5) is 8.54. The zero-order valence-corrected chi connectivity index (χ0v) is 16.5. The van der Waals surface area contributed by atoms with Gasteiger partial charge in [-0.15, -0.1) is 0 Å².